The maximum Gasteiger partial charge on any atom is 0.254 e. The summed E-state index contributed by atoms with van der Waals surface area (Å²) < 4.78 is 83.4. The highest BCUT2D eigenvalue weighted by molar-refractivity contribution is 7.89. The molecule has 2 aliphatic heterocycles. The molecular weight excluding hydrogens is 953 g/mol. The number of carbonyl (C=O) groups is 4. The van der Waals surface area contributed by atoms with Crippen LogP contribution in [0.15, 0.2) is 58.1 Å². The van der Waals surface area contributed by atoms with E-state index in [0.29, 0.717) is 142 Å². The van der Waals surface area contributed by atoms with E-state index < -0.39 is 27.7 Å². The molecule has 1 aromatic carbocycles. The molecular formula is C46H70N8O16S. The zero-order valence-corrected chi connectivity index (χ0v) is 41.3. The van der Waals surface area contributed by atoms with Crippen molar-refractivity contribution in [3.63, 3.8) is 0 Å². The number of hydrogen-bond acceptors (Lipinski definition) is 19. The number of sulfonamides is 1. The lowest BCUT2D eigenvalue weighted by Crippen LogP contribution is -2.41. The smallest absolute Gasteiger partial charge is 0.254 e. The first-order valence-electron chi connectivity index (χ1n) is 23.6. The third-order valence-electron chi connectivity index (χ3n) is 9.91. The fourth-order valence-corrected chi connectivity index (χ4v) is 7.47. The first-order valence-corrected chi connectivity index (χ1v) is 25.1. The van der Waals surface area contributed by atoms with E-state index in [4.69, 9.17) is 53.1 Å². The molecule has 4 rings (SSSR count). The minimum absolute atomic E-state index is 0.0165. The van der Waals surface area contributed by atoms with E-state index >= 15 is 0 Å². The van der Waals surface area contributed by atoms with Crippen molar-refractivity contribution in [2.45, 2.75) is 31.2 Å². The lowest BCUT2D eigenvalue weighted by atomic mass is 10.1. The zero-order valence-electron chi connectivity index (χ0n) is 40.5. The predicted octanol–water partition coefficient (Wildman–Crippen LogP) is 0.110. The Morgan fingerprint density at radius 3 is 1.65 bits per heavy atom. The van der Waals surface area contributed by atoms with Gasteiger partial charge in [-0.25, -0.2) is 18.1 Å². The number of nitrogens with two attached hydrogens (primary N) is 1. The van der Waals surface area contributed by atoms with E-state index in [0.717, 1.165) is 29.2 Å². The SMILES string of the molecule is CCCN(Cc1ccn[nH]1)C(=O)C1=Cc2ccc(S(=O)(=O)NCCOCCOCCOCCOCCOCCOCCOCCOCCOCCOCCNC(=O)CN3C(=O)C=CC3=O)cc2N=C(N)C1. The molecule has 2 aromatic rings. The summed E-state index contributed by atoms with van der Waals surface area (Å²) in [5, 5.41) is 9.44. The first kappa shape index (κ1) is 58.5. The van der Waals surface area contributed by atoms with E-state index in [1.807, 2.05) is 13.0 Å². The van der Waals surface area contributed by atoms with Crippen molar-refractivity contribution in [3.05, 3.63) is 59.4 Å². The van der Waals surface area contributed by atoms with Crippen molar-refractivity contribution >= 4 is 51.3 Å². The standard InChI is InChI=1S/C46H70N8O16S/c1-2-11-53(35-39-7-8-49-52-39)46(58)38-32-37-3-4-40(34-41(37)51-42(47)33-38)71(59,60)50-10-13-62-15-17-64-19-21-66-23-25-68-27-29-70-31-30-69-28-26-67-24-22-65-20-18-63-16-14-61-12-9-48-43(55)36-54-44(56)5-6-45(54)57/h3-8,32,34,50H,2,9-31,33,35-36H2,1H3,(H2,47,51)(H,48,55)(H,49,52). The van der Waals surface area contributed by atoms with Crippen molar-refractivity contribution in [1.29, 1.82) is 0 Å². The van der Waals surface area contributed by atoms with Gasteiger partial charge in [0, 0.05) is 55.5 Å². The van der Waals surface area contributed by atoms with Crippen LogP contribution >= 0.6 is 0 Å². The van der Waals surface area contributed by atoms with Crippen LogP contribution in [0.2, 0.25) is 0 Å². The van der Waals surface area contributed by atoms with Gasteiger partial charge >= 0.3 is 0 Å². The van der Waals surface area contributed by atoms with Crippen LogP contribution in [0.5, 0.6) is 0 Å². The summed E-state index contributed by atoms with van der Waals surface area (Å²) in [4.78, 5) is 55.3. The summed E-state index contributed by atoms with van der Waals surface area (Å²) in [6.07, 6.45) is 6.50. The van der Waals surface area contributed by atoms with Gasteiger partial charge in [-0.15, -0.1) is 0 Å². The molecule has 1 aromatic heterocycles. The lowest BCUT2D eigenvalue weighted by molar-refractivity contribution is -0.141. The normalized spacial score (nSPS) is 13.6. The van der Waals surface area contributed by atoms with Crippen LogP contribution in [0.25, 0.3) is 6.08 Å². The third-order valence-corrected chi connectivity index (χ3v) is 11.4. The van der Waals surface area contributed by atoms with Crippen LogP contribution < -0.4 is 15.8 Å². The van der Waals surface area contributed by atoms with Crippen molar-refractivity contribution < 1.29 is 75.0 Å². The summed E-state index contributed by atoms with van der Waals surface area (Å²) in [5.74, 6) is -1.42. The summed E-state index contributed by atoms with van der Waals surface area (Å²) in [6, 6.07) is 6.34. The maximum absolute atomic E-state index is 13.5. The lowest BCUT2D eigenvalue weighted by Gasteiger charge is -2.22. The minimum Gasteiger partial charge on any atom is -0.387 e. The van der Waals surface area contributed by atoms with Gasteiger partial charge in [-0.05, 0) is 30.7 Å². The highest BCUT2D eigenvalue weighted by Gasteiger charge is 2.26. The molecule has 71 heavy (non-hydrogen) atoms. The van der Waals surface area contributed by atoms with Gasteiger partial charge in [0.2, 0.25) is 15.9 Å². The van der Waals surface area contributed by atoms with Crippen LogP contribution in [0.4, 0.5) is 5.69 Å². The Balaban J connectivity index is 0.857. The topological polar surface area (TPSA) is 292 Å². The van der Waals surface area contributed by atoms with Gasteiger partial charge in [0.25, 0.3) is 17.7 Å². The molecule has 2 aliphatic rings. The molecule has 0 saturated heterocycles. The second-order valence-corrected chi connectivity index (χ2v) is 17.2. The van der Waals surface area contributed by atoms with E-state index in [-0.39, 0.29) is 62.5 Å². The number of nitrogens with one attached hydrogen (secondary N) is 3. The van der Waals surface area contributed by atoms with E-state index in [1.54, 1.807) is 23.2 Å². The maximum atomic E-state index is 13.5. The van der Waals surface area contributed by atoms with Gasteiger partial charge in [-0.1, -0.05) is 13.0 Å². The number of aliphatic imine (C=N–C) groups is 1. The summed E-state index contributed by atoms with van der Waals surface area (Å²) >= 11 is 0. The Kier molecular flexibility index (Phi) is 29.0. The number of ether oxygens (including phenoxy) is 10. The molecule has 0 radical (unpaired) electrons. The number of amidine groups is 1. The fourth-order valence-electron chi connectivity index (χ4n) is 6.44. The number of aromatic amines is 1. The minimum atomic E-state index is -3.88. The van der Waals surface area contributed by atoms with Crippen molar-refractivity contribution in [1.82, 2.24) is 30.0 Å². The second-order valence-electron chi connectivity index (χ2n) is 15.4. The highest BCUT2D eigenvalue weighted by Crippen LogP contribution is 2.30. The third kappa shape index (κ3) is 24.3. The Morgan fingerprint density at radius 2 is 1.18 bits per heavy atom. The molecule has 0 atom stereocenters. The second kappa shape index (κ2) is 35.2. The van der Waals surface area contributed by atoms with Crippen LogP contribution in [-0.2, 0) is 83.1 Å². The molecule has 0 unspecified atom stereocenters. The molecule has 24 nitrogen and oxygen atoms in total. The Bertz CT molecular complexity index is 2070. The van der Waals surface area contributed by atoms with Gasteiger partial charge in [0.1, 0.15) is 12.4 Å². The zero-order chi connectivity index (χ0) is 50.8. The number of rotatable bonds is 42. The summed E-state index contributed by atoms with van der Waals surface area (Å²) in [5.41, 5.74) is 8.41. The van der Waals surface area contributed by atoms with Gasteiger partial charge in [0.05, 0.1) is 155 Å². The van der Waals surface area contributed by atoms with Gasteiger partial charge in [0.15, 0.2) is 0 Å². The molecule has 0 saturated carbocycles. The molecule has 0 bridgehead atoms. The molecule has 3 heterocycles. The van der Waals surface area contributed by atoms with E-state index in [1.165, 1.54) is 12.1 Å². The summed E-state index contributed by atoms with van der Waals surface area (Å²) in [7, 11) is -3.88. The molecule has 396 valence electrons. The number of aromatic nitrogens is 2. The van der Waals surface area contributed by atoms with E-state index in [2.05, 4.69) is 25.2 Å². The van der Waals surface area contributed by atoms with Gasteiger partial charge in [-0.2, -0.15) is 5.10 Å². The molecule has 25 heteroatoms. The molecule has 0 aliphatic carbocycles. The number of carbonyl (C=O) groups excluding carboxylic acids is 4. The van der Waals surface area contributed by atoms with Gasteiger partial charge in [-0.3, -0.25) is 29.2 Å². The molecule has 4 amide bonds. The average molecular weight is 1020 g/mol. The summed E-state index contributed by atoms with van der Waals surface area (Å²) in [6.45, 7) is 10.5. The average Bonchev–Trinajstić information content (AvgIpc) is 3.94. The monoisotopic (exact) mass is 1020 g/mol. The number of benzene rings is 1. The van der Waals surface area contributed by atoms with Crippen LogP contribution in [0.3, 0.4) is 0 Å². The van der Waals surface area contributed by atoms with Crippen LogP contribution in [0, 0.1) is 0 Å². The largest absolute Gasteiger partial charge is 0.387 e. The number of nitrogens with zero attached hydrogens (tertiary/aromatic N) is 4. The Labute approximate surface area is 414 Å². The number of hydrogen-bond donors (Lipinski definition) is 4. The number of fused-ring (bicyclic) bond motifs is 1. The van der Waals surface area contributed by atoms with Crippen molar-refractivity contribution in [3.8, 4) is 0 Å². The highest BCUT2D eigenvalue weighted by atomic mass is 32.2. The fraction of sp³-hybridized carbons (Fsp3) is 0.609. The van der Waals surface area contributed by atoms with Gasteiger partial charge < -0.3 is 63.3 Å². The van der Waals surface area contributed by atoms with Crippen LogP contribution in [-0.4, -0.2) is 216 Å². The number of imide groups is 1. The van der Waals surface area contributed by atoms with Crippen LogP contribution in [0.1, 0.15) is 31.0 Å². The number of H-pyrrole nitrogens is 1. The number of amides is 4. The first-order chi connectivity index (χ1) is 34.6. The molecule has 5 N–H and O–H groups in total. The van der Waals surface area contributed by atoms with E-state index in [9.17, 15) is 27.6 Å². The Morgan fingerprint density at radius 1 is 0.704 bits per heavy atom. The van der Waals surface area contributed by atoms with Crippen molar-refractivity contribution in [2.24, 2.45) is 10.7 Å². The Hall–Kier alpha value is -5.03. The quantitative estimate of drug-likeness (QED) is 0.0507. The molecule has 0 fully saturated rings. The van der Waals surface area contributed by atoms with Crippen molar-refractivity contribution in [2.75, 3.05) is 158 Å². The predicted molar refractivity (Wildman–Crippen MR) is 257 cm³/mol. The molecule has 0 spiro atoms.